The van der Waals surface area contributed by atoms with E-state index in [1.165, 1.54) is 0 Å². The standard InChI is InChI=1S/C18H16N2O/c1-3-7-16(8-4-1)13-19-14-18-15-20(11-12-21-18)17-9-5-2-6-10-17/h1-13,15H,14H2. The predicted octanol–water partition coefficient (Wildman–Crippen LogP) is 3.95. The Bertz CT molecular complexity index is 660. The summed E-state index contributed by atoms with van der Waals surface area (Å²) in [4.78, 5) is 6.44. The molecule has 2 aromatic rings. The maximum absolute atomic E-state index is 5.49. The molecule has 3 heteroatoms. The maximum Gasteiger partial charge on any atom is 0.141 e. The molecule has 0 aromatic heterocycles. The Morgan fingerprint density at radius 3 is 2.43 bits per heavy atom. The molecule has 0 saturated heterocycles. The van der Waals surface area contributed by atoms with Gasteiger partial charge in [0.1, 0.15) is 12.0 Å². The van der Waals surface area contributed by atoms with Crippen molar-refractivity contribution in [3.05, 3.63) is 90.6 Å². The highest BCUT2D eigenvalue weighted by Crippen LogP contribution is 2.19. The number of rotatable bonds is 4. The largest absolute Gasteiger partial charge is 0.464 e. The number of ether oxygens (including phenoxy) is 1. The fourth-order valence-corrected chi connectivity index (χ4v) is 2.03. The second-order valence-corrected chi connectivity index (χ2v) is 4.62. The van der Waals surface area contributed by atoms with Gasteiger partial charge in [0.15, 0.2) is 0 Å². The average Bonchev–Trinajstić information content (AvgIpc) is 2.57. The topological polar surface area (TPSA) is 24.8 Å². The van der Waals surface area contributed by atoms with Crippen molar-refractivity contribution in [3.63, 3.8) is 0 Å². The summed E-state index contributed by atoms with van der Waals surface area (Å²) in [5.74, 6) is 0.813. The Kier molecular flexibility index (Phi) is 4.12. The molecule has 3 nitrogen and oxygen atoms in total. The lowest BCUT2D eigenvalue weighted by molar-refractivity contribution is 0.336. The van der Waals surface area contributed by atoms with Crippen LogP contribution in [0.3, 0.4) is 0 Å². The summed E-state index contributed by atoms with van der Waals surface area (Å²) < 4.78 is 5.49. The Hall–Kier alpha value is -2.81. The number of hydrogen-bond donors (Lipinski definition) is 0. The van der Waals surface area contributed by atoms with Crippen molar-refractivity contribution in [2.24, 2.45) is 4.99 Å². The van der Waals surface area contributed by atoms with Gasteiger partial charge in [0.05, 0.1) is 6.54 Å². The van der Waals surface area contributed by atoms with E-state index in [9.17, 15) is 0 Å². The molecule has 3 rings (SSSR count). The van der Waals surface area contributed by atoms with Gasteiger partial charge in [-0.25, -0.2) is 0 Å². The number of nitrogens with zero attached hydrogens (tertiary/aromatic N) is 2. The Balaban J connectivity index is 1.66. The van der Waals surface area contributed by atoms with Crippen molar-refractivity contribution in [1.82, 2.24) is 0 Å². The number of benzene rings is 2. The van der Waals surface area contributed by atoms with Crippen LogP contribution in [-0.4, -0.2) is 12.8 Å². The van der Waals surface area contributed by atoms with Gasteiger partial charge in [-0.3, -0.25) is 4.99 Å². The van der Waals surface area contributed by atoms with E-state index in [1.807, 2.05) is 72.0 Å². The van der Waals surface area contributed by atoms with Gasteiger partial charge in [0, 0.05) is 24.3 Å². The fourth-order valence-electron chi connectivity index (χ4n) is 2.03. The molecule has 0 atom stereocenters. The van der Waals surface area contributed by atoms with Crippen LogP contribution < -0.4 is 4.90 Å². The van der Waals surface area contributed by atoms with Gasteiger partial charge < -0.3 is 9.64 Å². The predicted molar refractivity (Wildman–Crippen MR) is 86.1 cm³/mol. The molecule has 0 amide bonds. The van der Waals surface area contributed by atoms with Crippen LogP contribution in [0, 0.1) is 0 Å². The lowest BCUT2D eigenvalue weighted by atomic mass is 10.2. The summed E-state index contributed by atoms with van der Waals surface area (Å²) in [6.07, 6.45) is 7.38. The monoisotopic (exact) mass is 276 g/mol. The second kappa shape index (κ2) is 6.57. The third-order valence-electron chi connectivity index (χ3n) is 3.07. The molecule has 2 aromatic carbocycles. The highest BCUT2D eigenvalue weighted by molar-refractivity contribution is 5.79. The van der Waals surface area contributed by atoms with Crippen LogP contribution in [0.1, 0.15) is 5.56 Å². The average molecular weight is 276 g/mol. The number of hydrogen-bond acceptors (Lipinski definition) is 3. The van der Waals surface area contributed by atoms with Gasteiger partial charge >= 0.3 is 0 Å². The van der Waals surface area contributed by atoms with E-state index in [-0.39, 0.29) is 0 Å². The van der Waals surface area contributed by atoms with E-state index < -0.39 is 0 Å². The molecule has 0 saturated carbocycles. The lowest BCUT2D eigenvalue weighted by Gasteiger charge is -2.20. The van der Waals surface area contributed by atoms with Crippen LogP contribution in [0.25, 0.3) is 0 Å². The molecule has 1 aliphatic heterocycles. The third kappa shape index (κ3) is 3.60. The number of para-hydroxylation sites is 1. The summed E-state index contributed by atoms with van der Waals surface area (Å²) in [7, 11) is 0. The normalized spacial score (nSPS) is 14.1. The molecule has 0 unspecified atom stereocenters. The molecule has 1 aliphatic rings. The minimum atomic E-state index is 0.516. The number of anilines is 1. The summed E-state index contributed by atoms with van der Waals surface area (Å²) in [6, 6.07) is 20.2. The molecule has 0 radical (unpaired) electrons. The minimum Gasteiger partial charge on any atom is -0.464 e. The summed E-state index contributed by atoms with van der Waals surface area (Å²) in [5, 5.41) is 0. The van der Waals surface area contributed by atoms with Crippen LogP contribution in [0.15, 0.2) is 90.1 Å². The van der Waals surface area contributed by atoms with E-state index in [0.29, 0.717) is 6.54 Å². The quantitative estimate of drug-likeness (QED) is 0.790. The molecule has 104 valence electrons. The first-order valence-corrected chi connectivity index (χ1v) is 6.84. The van der Waals surface area contributed by atoms with Crippen LogP contribution in [0.5, 0.6) is 0 Å². The van der Waals surface area contributed by atoms with Gasteiger partial charge in [-0.15, -0.1) is 0 Å². The minimum absolute atomic E-state index is 0.516. The first kappa shape index (κ1) is 13.2. The number of aliphatic imine (C=N–C) groups is 1. The van der Waals surface area contributed by atoms with E-state index in [1.54, 1.807) is 6.26 Å². The molecular weight excluding hydrogens is 260 g/mol. The van der Waals surface area contributed by atoms with Crippen molar-refractivity contribution < 1.29 is 4.74 Å². The smallest absolute Gasteiger partial charge is 0.141 e. The molecule has 21 heavy (non-hydrogen) atoms. The second-order valence-electron chi connectivity index (χ2n) is 4.62. The van der Waals surface area contributed by atoms with Crippen molar-refractivity contribution in [2.45, 2.75) is 0 Å². The first-order valence-electron chi connectivity index (χ1n) is 6.84. The van der Waals surface area contributed by atoms with Crippen molar-refractivity contribution in [2.75, 3.05) is 11.4 Å². The van der Waals surface area contributed by atoms with Gasteiger partial charge in [-0.2, -0.15) is 0 Å². The van der Waals surface area contributed by atoms with Crippen LogP contribution in [0.2, 0.25) is 0 Å². The zero-order valence-corrected chi connectivity index (χ0v) is 11.6. The highest BCUT2D eigenvalue weighted by atomic mass is 16.5. The van der Waals surface area contributed by atoms with Crippen LogP contribution >= 0.6 is 0 Å². The van der Waals surface area contributed by atoms with Gasteiger partial charge in [0.2, 0.25) is 0 Å². The van der Waals surface area contributed by atoms with Crippen LogP contribution in [0.4, 0.5) is 5.69 Å². The van der Waals surface area contributed by atoms with Gasteiger partial charge in [0.25, 0.3) is 0 Å². The molecule has 0 bridgehead atoms. The fraction of sp³-hybridized carbons (Fsp3) is 0.0556. The lowest BCUT2D eigenvalue weighted by Crippen LogP contribution is -2.13. The summed E-state index contributed by atoms with van der Waals surface area (Å²) in [6.45, 7) is 0.516. The third-order valence-corrected chi connectivity index (χ3v) is 3.07. The highest BCUT2D eigenvalue weighted by Gasteiger charge is 2.07. The van der Waals surface area contributed by atoms with Gasteiger partial charge in [-0.1, -0.05) is 48.5 Å². The Morgan fingerprint density at radius 2 is 1.67 bits per heavy atom. The van der Waals surface area contributed by atoms with E-state index in [0.717, 1.165) is 17.0 Å². The molecule has 0 aliphatic carbocycles. The van der Waals surface area contributed by atoms with E-state index in [2.05, 4.69) is 17.1 Å². The van der Waals surface area contributed by atoms with E-state index in [4.69, 9.17) is 4.74 Å². The molecule has 0 spiro atoms. The van der Waals surface area contributed by atoms with Crippen LogP contribution in [-0.2, 0) is 4.74 Å². The molecule has 0 fully saturated rings. The maximum atomic E-state index is 5.49. The van der Waals surface area contributed by atoms with Gasteiger partial charge in [-0.05, 0) is 17.7 Å². The van der Waals surface area contributed by atoms with E-state index >= 15 is 0 Å². The van der Waals surface area contributed by atoms with Crippen molar-refractivity contribution >= 4 is 11.9 Å². The summed E-state index contributed by atoms with van der Waals surface area (Å²) >= 11 is 0. The SMILES string of the molecule is C1=CN(c2ccccc2)C=C(CN=Cc2ccccc2)O1. The zero-order chi connectivity index (χ0) is 14.3. The molecular formula is C18H16N2O. The molecule has 1 heterocycles. The molecule has 0 N–H and O–H groups in total. The van der Waals surface area contributed by atoms with Crippen molar-refractivity contribution in [3.8, 4) is 0 Å². The first-order chi connectivity index (χ1) is 10.4. The summed E-state index contributed by atoms with van der Waals surface area (Å²) in [5.41, 5.74) is 2.19. The van der Waals surface area contributed by atoms with Crippen molar-refractivity contribution in [1.29, 1.82) is 0 Å². The Labute approximate surface area is 124 Å². The Morgan fingerprint density at radius 1 is 0.952 bits per heavy atom. The zero-order valence-electron chi connectivity index (χ0n) is 11.6.